The van der Waals surface area contributed by atoms with E-state index in [9.17, 15) is 4.79 Å². The first-order valence-corrected chi connectivity index (χ1v) is 4.08. The van der Waals surface area contributed by atoms with Crippen molar-refractivity contribution in [3.05, 3.63) is 11.8 Å². The Balaban J connectivity index is 4.36. The first-order valence-electron chi connectivity index (χ1n) is 4.08. The molecule has 0 aliphatic rings. The quantitative estimate of drug-likeness (QED) is 0.636. The van der Waals surface area contributed by atoms with E-state index in [2.05, 4.69) is 5.32 Å². The van der Waals surface area contributed by atoms with Gasteiger partial charge >= 0.3 is 5.97 Å². The molecule has 0 aliphatic heterocycles. The Hall–Kier alpha value is -0.990. The highest BCUT2D eigenvalue weighted by Gasteiger charge is 2.14. The smallest absolute Gasteiger partial charge is 0.351 e. The zero-order valence-corrected chi connectivity index (χ0v) is 8.14. The average molecular weight is 171 g/mol. The molecule has 70 valence electrons. The molecule has 0 atom stereocenters. The molecule has 0 bridgehead atoms. The van der Waals surface area contributed by atoms with Gasteiger partial charge in [0, 0.05) is 5.54 Å². The summed E-state index contributed by atoms with van der Waals surface area (Å²) < 4.78 is 0. The SMILES string of the molecule is CC/C=C(/NC(C)(C)C)C(=O)O. The molecule has 0 amide bonds. The number of carboxylic acids is 1. The molecule has 0 saturated heterocycles. The Morgan fingerprint density at radius 1 is 1.50 bits per heavy atom. The minimum Gasteiger partial charge on any atom is -0.477 e. The first-order chi connectivity index (χ1) is 5.37. The second kappa shape index (κ2) is 4.14. The molecule has 0 rings (SSSR count). The molecule has 0 aromatic rings. The van der Waals surface area contributed by atoms with E-state index in [1.54, 1.807) is 6.08 Å². The normalized spacial score (nSPS) is 12.8. The fraction of sp³-hybridized carbons (Fsp3) is 0.667. The largest absolute Gasteiger partial charge is 0.477 e. The van der Waals surface area contributed by atoms with E-state index in [1.807, 2.05) is 27.7 Å². The number of carboxylic acid groups (broad SMARTS) is 1. The Morgan fingerprint density at radius 2 is 2.00 bits per heavy atom. The van der Waals surface area contributed by atoms with Gasteiger partial charge in [0.25, 0.3) is 0 Å². The summed E-state index contributed by atoms with van der Waals surface area (Å²) >= 11 is 0. The van der Waals surface area contributed by atoms with Crippen LogP contribution in [0.15, 0.2) is 11.8 Å². The van der Waals surface area contributed by atoms with Gasteiger partial charge in [0.15, 0.2) is 0 Å². The first kappa shape index (κ1) is 11.0. The van der Waals surface area contributed by atoms with Crippen molar-refractivity contribution in [3.63, 3.8) is 0 Å². The molecule has 3 heteroatoms. The topological polar surface area (TPSA) is 49.3 Å². The zero-order valence-electron chi connectivity index (χ0n) is 8.14. The predicted octanol–water partition coefficient (Wildman–Crippen LogP) is 1.75. The van der Waals surface area contributed by atoms with Gasteiger partial charge in [0.1, 0.15) is 5.70 Å². The highest BCUT2D eigenvalue weighted by molar-refractivity contribution is 5.85. The lowest BCUT2D eigenvalue weighted by molar-refractivity contribution is -0.133. The monoisotopic (exact) mass is 171 g/mol. The molecule has 0 radical (unpaired) electrons. The lowest BCUT2D eigenvalue weighted by Gasteiger charge is -2.22. The van der Waals surface area contributed by atoms with Crippen LogP contribution in [0.2, 0.25) is 0 Å². The van der Waals surface area contributed by atoms with Crippen LogP contribution in [-0.2, 0) is 4.79 Å². The summed E-state index contributed by atoms with van der Waals surface area (Å²) in [6, 6.07) is 0. The van der Waals surface area contributed by atoms with Gasteiger partial charge < -0.3 is 10.4 Å². The maximum absolute atomic E-state index is 10.6. The molecular weight excluding hydrogens is 154 g/mol. The Kier molecular flexibility index (Phi) is 3.80. The van der Waals surface area contributed by atoms with Crippen molar-refractivity contribution in [2.45, 2.75) is 39.7 Å². The second-order valence-corrected chi connectivity index (χ2v) is 3.71. The Morgan fingerprint density at radius 3 is 2.25 bits per heavy atom. The number of hydrogen-bond donors (Lipinski definition) is 2. The van der Waals surface area contributed by atoms with E-state index in [0.717, 1.165) is 6.42 Å². The summed E-state index contributed by atoms with van der Waals surface area (Å²) in [6.07, 6.45) is 2.40. The van der Waals surface area contributed by atoms with E-state index in [1.165, 1.54) is 0 Å². The van der Waals surface area contributed by atoms with E-state index >= 15 is 0 Å². The zero-order chi connectivity index (χ0) is 9.78. The van der Waals surface area contributed by atoms with Crippen molar-refractivity contribution >= 4 is 5.97 Å². The number of rotatable bonds is 3. The van der Waals surface area contributed by atoms with Gasteiger partial charge in [0.05, 0.1) is 0 Å². The summed E-state index contributed by atoms with van der Waals surface area (Å²) in [7, 11) is 0. The van der Waals surface area contributed by atoms with Gasteiger partial charge in [0.2, 0.25) is 0 Å². The van der Waals surface area contributed by atoms with Crippen LogP contribution in [0.1, 0.15) is 34.1 Å². The van der Waals surface area contributed by atoms with Crippen molar-refractivity contribution in [2.24, 2.45) is 0 Å². The molecule has 0 saturated carbocycles. The number of hydrogen-bond acceptors (Lipinski definition) is 2. The van der Waals surface area contributed by atoms with Crippen LogP contribution < -0.4 is 5.32 Å². The molecule has 0 spiro atoms. The van der Waals surface area contributed by atoms with E-state index in [0.29, 0.717) is 0 Å². The van der Waals surface area contributed by atoms with E-state index in [4.69, 9.17) is 5.11 Å². The third-order valence-corrected chi connectivity index (χ3v) is 1.15. The minimum absolute atomic E-state index is 0.195. The standard InChI is InChI=1S/C9H17NO2/c1-5-6-7(8(11)12)10-9(2,3)4/h6,10H,5H2,1-4H3,(H,11,12)/b7-6+. The maximum atomic E-state index is 10.6. The average Bonchev–Trinajstić information content (AvgIpc) is 1.83. The molecular formula is C9H17NO2. The lowest BCUT2D eigenvalue weighted by atomic mass is 10.1. The van der Waals surface area contributed by atoms with Crippen LogP contribution >= 0.6 is 0 Å². The molecule has 0 unspecified atom stereocenters. The molecule has 0 aromatic carbocycles. The fourth-order valence-corrected chi connectivity index (χ4v) is 0.800. The van der Waals surface area contributed by atoms with Crippen molar-refractivity contribution < 1.29 is 9.90 Å². The van der Waals surface area contributed by atoms with Gasteiger partial charge in [-0.3, -0.25) is 0 Å². The Bertz CT molecular complexity index is 189. The minimum atomic E-state index is -0.897. The van der Waals surface area contributed by atoms with Gasteiger partial charge in [-0.25, -0.2) is 4.79 Å². The molecule has 0 fully saturated rings. The maximum Gasteiger partial charge on any atom is 0.351 e. The van der Waals surface area contributed by atoms with Crippen LogP contribution in [0.25, 0.3) is 0 Å². The van der Waals surface area contributed by atoms with Crippen molar-refractivity contribution in [3.8, 4) is 0 Å². The van der Waals surface area contributed by atoms with E-state index < -0.39 is 5.97 Å². The van der Waals surface area contributed by atoms with Crippen LogP contribution in [0.5, 0.6) is 0 Å². The van der Waals surface area contributed by atoms with Crippen LogP contribution in [0.4, 0.5) is 0 Å². The highest BCUT2D eigenvalue weighted by Crippen LogP contribution is 2.04. The van der Waals surface area contributed by atoms with Crippen molar-refractivity contribution in [1.82, 2.24) is 5.32 Å². The molecule has 0 aromatic heterocycles. The van der Waals surface area contributed by atoms with E-state index in [-0.39, 0.29) is 11.2 Å². The third kappa shape index (κ3) is 4.77. The lowest BCUT2D eigenvalue weighted by Crippen LogP contribution is -2.37. The van der Waals surface area contributed by atoms with Crippen molar-refractivity contribution in [1.29, 1.82) is 0 Å². The van der Waals surface area contributed by atoms with Crippen LogP contribution in [-0.4, -0.2) is 16.6 Å². The molecule has 0 aliphatic carbocycles. The Labute approximate surface area is 73.5 Å². The summed E-state index contributed by atoms with van der Waals surface area (Å²) in [5.41, 5.74) is 0.0874. The summed E-state index contributed by atoms with van der Waals surface area (Å²) in [4.78, 5) is 10.6. The van der Waals surface area contributed by atoms with Gasteiger partial charge in [-0.15, -0.1) is 0 Å². The van der Waals surface area contributed by atoms with Gasteiger partial charge in [-0.2, -0.15) is 0 Å². The van der Waals surface area contributed by atoms with Gasteiger partial charge in [-0.05, 0) is 27.2 Å². The molecule has 2 N–H and O–H groups in total. The summed E-state index contributed by atoms with van der Waals surface area (Å²) in [6.45, 7) is 7.70. The number of nitrogens with one attached hydrogen (secondary N) is 1. The number of allylic oxidation sites excluding steroid dienone is 1. The number of aliphatic carboxylic acids is 1. The summed E-state index contributed by atoms with van der Waals surface area (Å²) in [5.74, 6) is -0.897. The third-order valence-electron chi connectivity index (χ3n) is 1.15. The number of carbonyl (C=O) groups is 1. The van der Waals surface area contributed by atoms with Crippen molar-refractivity contribution in [2.75, 3.05) is 0 Å². The second-order valence-electron chi connectivity index (χ2n) is 3.71. The molecule has 12 heavy (non-hydrogen) atoms. The van der Waals surface area contributed by atoms with Crippen LogP contribution in [0.3, 0.4) is 0 Å². The highest BCUT2D eigenvalue weighted by atomic mass is 16.4. The molecule has 0 heterocycles. The van der Waals surface area contributed by atoms with Crippen LogP contribution in [0, 0.1) is 0 Å². The fourth-order valence-electron chi connectivity index (χ4n) is 0.800. The predicted molar refractivity (Wildman–Crippen MR) is 48.9 cm³/mol. The van der Waals surface area contributed by atoms with Gasteiger partial charge in [-0.1, -0.05) is 13.0 Å². The summed E-state index contributed by atoms with van der Waals surface area (Å²) in [5, 5.41) is 11.7. The molecule has 3 nitrogen and oxygen atoms in total.